The van der Waals surface area contributed by atoms with Crippen molar-refractivity contribution >= 4 is 0 Å². The number of aliphatic hydroxyl groups is 1. The summed E-state index contributed by atoms with van der Waals surface area (Å²) in [6, 6.07) is 0. The standard InChI is InChI=1S/C13H24O/c1-10(2)9-12(13(4,5)6)8-7-11(3)14/h7-11,14H,1-6H3/b8-7+,12-9+. The molecule has 1 unspecified atom stereocenters. The van der Waals surface area contributed by atoms with Crippen molar-refractivity contribution in [1.82, 2.24) is 0 Å². The monoisotopic (exact) mass is 196 g/mol. The molecule has 0 radical (unpaired) electrons. The highest BCUT2D eigenvalue weighted by molar-refractivity contribution is 5.25. The van der Waals surface area contributed by atoms with E-state index in [-0.39, 0.29) is 11.5 Å². The Hall–Kier alpha value is -0.560. The predicted molar refractivity (Wildman–Crippen MR) is 63.2 cm³/mol. The minimum absolute atomic E-state index is 0.148. The van der Waals surface area contributed by atoms with Gasteiger partial charge in [0.05, 0.1) is 6.10 Å². The number of aliphatic hydroxyl groups excluding tert-OH is 1. The summed E-state index contributed by atoms with van der Waals surface area (Å²) in [5, 5.41) is 9.19. The zero-order valence-electron chi connectivity index (χ0n) is 10.3. The van der Waals surface area contributed by atoms with Gasteiger partial charge in [-0.25, -0.2) is 0 Å². The fourth-order valence-corrected chi connectivity index (χ4v) is 1.16. The normalized spacial score (nSPS) is 16.7. The molecule has 14 heavy (non-hydrogen) atoms. The highest BCUT2D eigenvalue weighted by Gasteiger charge is 2.14. The van der Waals surface area contributed by atoms with E-state index < -0.39 is 0 Å². The van der Waals surface area contributed by atoms with Crippen molar-refractivity contribution in [3.8, 4) is 0 Å². The van der Waals surface area contributed by atoms with E-state index in [0.717, 1.165) is 0 Å². The average molecular weight is 196 g/mol. The van der Waals surface area contributed by atoms with Crippen molar-refractivity contribution in [3.05, 3.63) is 23.8 Å². The van der Waals surface area contributed by atoms with Crippen LogP contribution in [0.1, 0.15) is 41.5 Å². The molecule has 0 aromatic heterocycles. The summed E-state index contributed by atoms with van der Waals surface area (Å²) in [5.74, 6) is 0.544. The van der Waals surface area contributed by atoms with Gasteiger partial charge in [-0.2, -0.15) is 0 Å². The second-order valence-corrected chi connectivity index (χ2v) is 5.22. The summed E-state index contributed by atoms with van der Waals surface area (Å²) in [5.41, 5.74) is 1.43. The summed E-state index contributed by atoms with van der Waals surface area (Å²) in [4.78, 5) is 0. The molecule has 0 fully saturated rings. The van der Waals surface area contributed by atoms with Gasteiger partial charge in [-0.3, -0.25) is 0 Å². The lowest BCUT2D eigenvalue weighted by Gasteiger charge is -2.21. The molecule has 0 aliphatic carbocycles. The van der Waals surface area contributed by atoms with E-state index in [2.05, 4.69) is 40.7 Å². The molecule has 0 saturated heterocycles. The molecule has 1 atom stereocenters. The first-order valence-corrected chi connectivity index (χ1v) is 5.32. The van der Waals surface area contributed by atoms with Crippen LogP contribution in [0.25, 0.3) is 0 Å². The molecule has 1 N–H and O–H groups in total. The molecule has 0 aliphatic heterocycles. The van der Waals surface area contributed by atoms with Crippen LogP contribution in [0.5, 0.6) is 0 Å². The summed E-state index contributed by atoms with van der Waals surface area (Å²) >= 11 is 0. The van der Waals surface area contributed by atoms with E-state index in [4.69, 9.17) is 0 Å². The minimum atomic E-state index is -0.368. The maximum absolute atomic E-state index is 9.19. The van der Waals surface area contributed by atoms with Crippen molar-refractivity contribution in [2.45, 2.75) is 47.6 Å². The predicted octanol–water partition coefficient (Wildman–Crippen LogP) is 3.55. The number of allylic oxidation sites excluding steroid dienone is 3. The molecular formula is C13H24O. The van der Waals surface area contributed by atoms with Gasteiger partial charge >= 0.3 is 0 Å². The van der Waals surface area contributed by atoms with Crippen LogP contribution in [0.2, 0.25) is 0 Å². The third-order valence-corrected chi connectivity index (χ3v) is 1.93. The molecule has 1 nitrogen and oxygen atoms in total. The first-order chi connectivity index (χ1) is 6.23. The maximum atomic E-state index is 9.19. The van der Waals surface area contributed by atoms with Gasteiger partial charge in [-0.15, -0.1) is 0 Å². The van der Waals surface area contributed by atoms with Crippen LogP contribution in [0, 0.1) is 11.3 Å². The van der Waals surface area contributed by atoms with E-state index in [1.54, 1.807) is 6.92 Å². The van der Waals surface area contributed by atoms with E-state index >= 15 is 0 Å². The smallest absolute Gasteiger partial charge is 0.0695 e. The lowest BCUT2D eigenvalue weighted by atomic mass is 9.84. The fourth-order valence-electron chi connectivity index (χ4n) is 1.16. The highest BCUT2D eigenvalue weighted by Crippen LogP contribution is 2.27. The second-order valence-electron chi connectivity index (χ2n) is 5.22. The Morgan fingerprint density at radius 2 is 1.64 bits per heavy atom. The number of hydrogen-bond acceptors (Lipinski definition) is 1. The van der Waals surface area contributed by atoms with Crippen molar-refractivity contribution < 1.29 is 5.11 Å². The topological polar surface area (TPSA) is 20.2 Å². The Morgan fingerprint density at radius 1 is 1.14 bits per heavy atom. The van der Waals surface area contributed by atoms with Gasteiger partial charge in [0.25, 0.3) is 0 Å². The molecule has 0 rings (SSSR count). The van der Waals surface area contributed by atoms with Gasteiger partial charge in [0.2, 0.25) is 0 Å². The summed E-state index contributed by atoms with van der Waals surface area (Å²) in [6.45, 7) is 12.7. The third-order valence-electron chi connectivity index (χ3n) is 1.93. The zero-order chi connectivity index (χ0) is 11.4. The lowest BCUT2D eigenvalue weighted by molar-refractivity contribution is 0.244. The van der Waals surface area contributed by atoms with Crippen LogP contribution in [-0.4, -0.2) is 11.2 Å². The van der Waals surface area contributed by atoms with Crippen LogP contribution in [-0.2, 0) is 0 Å². The number of rotatable bonds is 3. The van der Waals surface area contributed by atoms with Gasteiger partial charge in [0.15, 0.2) is 0 Å². The van der Waals surface area contributed by atoms with E-state index in [1.165, 1.54) is 5.57 Å². The highest BCUT2D eigenvalue weighted by atomic mass is 16.3. The molecule has 0 aromatic carbocycles. The molecule has 82 valence electrons. The lowest BCUT2D eigenvalue weighted by Crippen LogP contribution is -2.09. The summed E-state index contributed by atoms with van der Waals surface area (Å²) in [6.07, 6.45) is 5.75. The van der Waals surface area contributed by atoms with Crippen molar-refractivity contribution in [3.63, 3.8) is 0 Å². The molecule has 0 saturated carbocycles. The Balaban J connectivity index is 4.76. The first-order valence-electron chi connectivity index (χ1n) is 5.32. The molecule has 0 bridgehead atoms. The SMILES string of the molecule is CC(C)/C=C(\C=C\C(C)O)C(C)(C)C. The first kappa shape index (κ1) is 13.4. The van der Waals surface area contributed by atoms with Gasteiger partial charge in [0, 0.05) is 0 Å². The van der Waals surface area contributed by atoms with Gasteiger partial charge < -0.3 is 5.11 Å². The molecule has 1 heteroatoms. The minimum Gasteiger partial charge on any atom is -0.389 e. The zero-order valence-corrected chi connectivity index (χ0v) is 10.3. The Labute approximate surface area is 88.5 Å². The second kappa shape index (κ2) is 5.35. The molecule has 0 amide bonds. The third kappa shape index (κ3) is 5.98. The van der Waals surface area contributed by atoms with Gasteiger partial charge in [-0.05, 0) is 23.8 Å². The fraction of sp³-hybridized carbons (Fsp3) is 0.692. The Kier molecular flexibility index (Phi) is 5.14. The van der Waals surface area contributed by atoms with Crippen LogP contribution >= 0.6 is 0 Å². The molecule has 0 aromatic rings. The molecular weight excluding hydrogens is 172 g/mol. The van der Waals surface area contributed by atoms with Crippen LogP contribution in [0.3, 0.4) is 0 Å². The van der Waals surface area contributed by atoms with E-state index in [1.807, 2.05) is 12.2 Å². The van der Waals surface area contributed by atoms with Crippen molar-refractivity contribution in [2.75, 3.05) is 0 Å². The number of hydrogen-bond donors (Lipinski definition) is 1. The van der Waals surface area contributed by atoms with Crippen molar-refractivity contribution in [1.29, 1.82) is 0 Å². The Morgan fingerprint density at radius 3 is 1.93 bits per heavy atom. The molecule has 0 heterocycles. The van der Waals surface area contributed by atoms with Crippen LogP contribution in [0.4, 0.5) is 0 Å². The van der Waals surface area contributed by atoms with E-state index in [9.17, 15) is 5.11 Å². The average Bonchev–Trinajstić information content (AvgIpc) is 1.94. The molecule has 0 spiro atoms. The van der Waals surface area contributed by atoms with Gasteiger partial charge in [0.1, 0.15) is 0 Å². The van der Waals surface area contributed by atoms with Crippen LogP contribution in [0.15, 0.2) is 23.8 Å². The van der Waals surface area contributed by atoms with Gasteiger partial charge in [-0.1, -0.05) is 52.8 Å². The summed E-state index contributed by atoms with van der Waals surface area (Å²) < 4.78 is 0. The molecule has 0 aliphatic rings. The van der Waals surface area contributed by atoms with Crippen molar-refractivity contribution in [2.24, 2.45) is 11.3 Å². The Bertz CT molecular complexity index is 214. The maximum Gasteiger partial charge on any atom is 0.0695 e. The largest absolute Gasteiger partial charge is 0.389 e. The van der Waals surface area contributed by atoms with E-state index in [0.29, 0.717) is 5.92 Å². The van der Waals surface area contributed by atoms with Crippen LogP contribution < -0.4 is 0 Å². The quantitative estimate of drug-likeness (QED) is 0.684. The summed E-state index contributed by atoms with van der Waals surface area (Å²) in [7, 11) is 0.